The van der Waals surface area contributed by atoms with E-state index in [1.165, 1.54) is 20.5 Å². The first-order valence-electron chi connectivity index (χ1n) is 4.75. The number of hydrogen-bond donors (Lipinski definition) is 0. The molecule has 0 N–H and O–H groups in total. The van der Waals surface area contributed by atoms with E-state index in [2.05, 4.69) is 0 Å². The highest BCUT2D eigenvalue weighted by Gasteiger charge is 2.12. The second-order valence-electron chi connectivity index (χ2n) is 3.49. The lowest BCUT2D eigenvalue weighted by atomic mass is 10.3. The number of thiophene rings is 1. The molecular weight excluding hydrogens is 212 g/mol. The Kier molecular flexibility index (Phi) is 2.26. The minimum absolute atomic E-state index is 0.172. The Morgan fingerprint density at radius 3 is 2.67 bits per heavy atom. The van der Waals surface area contributed by atoms with Crippen LogP contribution in [0.15, 0.2) is 15.0 Å². The molecule has 0 bridgehead atoms. The molecule has 0 aliphatic heterocycles. The topological polar surface area (TPSA) is 44.0 Å². The minimum Gasteiger partial charge on any atom is -0.287 e. The molecule has 5 heteroatoms. The fourth-order valence-electron chi connectivity index (χ4n) is 1.71. The first-order valence-corrected chi connectivity index (χ1v) is 5.63. The van der Waals surface area contributed by atoms with E-state index in [9.17, 15) is 9.59 Å². The standard InChI is InChI=1S/C10H12N2O2S/c1-4-12-8(13)7-6(2)5-15-9(7)11(3)10(12)14/h5H,4H2,1-3H3. The summed E-state index contributed by atoms with van der Waals surface area (Å²) in [7, 11) is 1.70. The lowest BCUT2D eigenvalue weighted by molar-refractivity contribution is 0.642. The van der Waals surface area contributed by atoms with Crippen LogP contribution in [-0.4, -0.2) is 9.13 Å². The van der Waals surface area contributed by atoms with Crippen LogP contribution in [0.1, 0.15) is 12.5 Å². The van der Waals surface area contributed by atoms with E-state index in [1.807, 2.05) is 12.3 Å². The van der Waals surface area contributed by atoms with Crippen LogP contribution in [0.25, 0.3) is 10.2 Å². The fraction of sp³-hybridized carbons (Fsp3) is 0.400. The third kappa shape index (κ3) is 1.26. The summed E-state index contributed by atoms with van der Waals surface area (Å²) in [4.78, 5) is 24.5. The Bertz CT molecular complexity index is 633. The summed E-state index contributed by atoms with van der Waals surface area (Å²) < 4.78 is 2.81. The van der Waals surface area contributed by atoms with Crippen molar-refractivity contribution in [2.24, 2.45) is 7.05 Å². The van der Waals surface area contributed by atoms with Crippen LogP contribution < -0.4 is 11.2 Å². The Morgan fingerprint density at radius 1 is 1.40 bits per heavy atom. The van der Waals surface area contributed by atoms with Gasteiger partial charge in [0.05, 0.1) is 5.39 Å². The molecular formula is C10H12N2O2S. The lowest BCUT2D eigenvalue weighted by Crippen LogP contribution is -2.38. The van der Waals surface area contributed by atoms with Crippen molar-refractivity contribution in [1.29, 1.82) is 0 Å². The van der Waals surface area contributed by atoms with Crippen molar-refractivity contribution < 1.29 is 0 Å². The zero-order chi connectivity index (χ0) is 11.2. The highest BCUT2D eigenvalue weighted by Crippen LogP contribution is 2.19. The Balaban J connectivity index is 3.13. The number of aryl methyl sites for hydroxylation is 2. The van der Waals surface area contributed by atoms with E-state index in [0.717, 1.165) is 10.4 Å². The largest absolute Gasteiger partial charge is 0.331 e. The SMILES string of the molecule is CCn1c(=O)c2c(C)csc2n(C)c1=O. The smallest absolute Gasteiger partial charge is 0.287 e. The first kappa shape index (κ1) is 10.2. The van der Waals surface area contributed by atoms with Gasteiger partial charge in [0.15, 0.2) is 0 Å². The number of nitrogens with zero attached hydrogens (tertiary/aromatic N) is 2. The van der Waals surface area contributed by atoms with E-state index in [0.29, 0.717) is 11.9 Å². The van der Waals surface area contributed by atoms with Crippen molar-refractivity contribution >= 4 is 21.6 Å². The molecule has 0 unspecified atom stereocenters. The van der Waals surface area contributed by atoms with Gasteiger partial charge in [-0.2, -0.15) is 0 Å². The number of aromatic nitrogens is 2. The van der Waals surface area contributed by atoms with Crippen LogP contribution in [0.3, 0.4) is 0 Å². The average Bonchev–Trinajstić information content (AvgIpc) is 2.58. The van der Waals surface area contributed by atoms with Gasteiger partial charge in [-0.1, -0.05) is 0 Å². The number of rotatable bonds is 1. The summed E-state index contributed by atoms with van der Waals surface area (Å²) >= 11 is 1.44. The maximum Gasteiger partial charge on any atom is 0.331 e. The van der Waals surface area contributed by atoms with E-state index >= 15 is 0 Å². The summed E-state index contributed by atoms with van der Waals surface area (Å²) in [5.41, 5.74) is 0.531. The van der Waals surface area contributed by atoms with Crippen molar-refractivity contribution in [2.45, 2.75) is 20.4 Å². The average molecular weight is 224 g/mol. The molecule has 0 aromatic carbocycles. The predicted octanol–water partition coefficient (Wildman–Crippen LogP) is 1.09. The van der Waals surface area contributed by atoms with Crippen molar-refractivity contribution in [3.8, 4) is 0 Å². The van der Waals surface area contributed by atoms with E-state index in [4.69, 9.17) is 0 Å². The molecule has 0 fully saturated rings. The second kappa shape index (κ2) is 3.34. The van der Waals surface area contributed by atoms with E-state index < -0.39 is 0 Å². The van der Waals surface area contributed by atoms with E-state index in [1.54, 1.807) is 14.0 Å². The third-order valence-electron chi connectivity index (χ3n) is 2.55. The minimum atomic E-state index is -0.239. The van der Waals surface area contributed by atoms with Crippen LogP contribution in [0, 0.1) is 6.92 Å². The molecule has 0 saturated carbocycles. The summed E-state index contributed by atoms with van der Waals surface area (Å²) in [5.74, 6) is 0. The summed E-state index contributed by atoms with van der Waals surface area (Å²) in [6.45, 7) is 4.11. The molecule has 2 aromatic heterocycles. The zero-order valence-corrected chi connectivity index (χ0v) is 9.72. The van der Waals surface area contributed by atoms with Gasteiger partial charge in [-0.15, -0.1) is 11.3 Å². The molecule has 0 aliphatic carbocycles. The summed E-state index contributed by atoms with van der Waals surface area (Å²) in [6, 6.07) is 0. The van der Waals surface area contributed by atoms with Gasteiger partial charge in [0, 0.05) is 13.6 Å². The first-order chi connectivity index (χ1) is 7.07. The number of hydrogen-bond acceptors (Lipinski definition) is 3. The molecule has 0 aliphatic rings. The fourth-order valence-corrected chi connectivity index (χ4v) is 2.71. The predicted molar refractivity (Wildman–Crippen MR) is 61.7 cm³/mol. The Hall–Kier alpha value is -1.36. The molecule has 2 rings (SSSR count). The highest BCUT2D eigenvalue weighted by molar-refractivity contribution is 7.17. The van der Waals surface area contributed by atoms with Gasteiger partial charge in [0.1, 0.15) is 4.83 Å². The Labute approximate surface area is 90.4 Å². The van der Waals surface area contributed by atoms with Gasteiger partial charge < -0.3 is 0 Å². The maximum atomic E-state index is 12.0. The molecule has 0 spiro atoms. The Morgan fingerprint density at radius 2 is 2.07 bits per heavy atom. The van der Waals surface area contributed by atoms with Crippen LogP contribution in [0.5, 0.6) is 0 Å². The van der Waals surface area contributed by atoms with Gasteiger partial charge >= 0.3 is 5.69 Å². The molecule has 15 heavy (non-hydrogen) atoms. The van der Waals surface area contributed by atoms with Crippen LogP contribution >= 0.6 is 11.3 Å². The molecule has 0 atom stereocenters. The van der Waals surface area contributed by atoms with Gasteiger partial charge in [0.2, 0.25) is 0 Å². The van der Waals surface area contributed by atoms with Crippen molar-refractivity contribution in [3.63, 3.8) is 0 Å². The normalized spacial score (nSPS) is 11.1. The molecule has 0 radical (unpaired) electrons. The summed E-state index contributed by atoms with van der Waals surface area (Å²) in [5, 5.41) is 2.58. The van der Waals surface area contributed by atoms with Crippen LogP contribution in [0.4, 0.5) is 0 Å². The molecule has 0 saturated heterocycles. The maximum absolute atomic E-state index is 12.0. The summed E-state index contributed by atoms with van der Waals surface area (Å²) in [6.07, 6.45) is 0. The van der Waals surface area contributed by atoms with Crippen molar-refractivity contribution in [1.82, 2.24) is 9.13 Å². The molecule has 0 amide bonds. The molecule has 80 valence electrons. The highest BCUT2D eigenvalue weighted by atomic mass is 32.1. The van der Waals surface area contributed by atoms with Gasteiger partial charge in [0.25, 0.3) is 5.56 Å². The quantitative estimate of drug-likeness (QED) is 0.727. The lowest BCUT2D eigenvalue weighted by Gasteiger charge is -2.05. The van der Waals surface area contributed by atoms with Gasteiger partial charge in [-0.3, -0.25) is 13.9 Å². The molecule has 2 heterocycles. The van der Waals surface area contributed by atoms with Gasteiger partial charge in [-0.05, 0) is 24.8 Å². The third-order valence-corrected chi connectivity index (χ3v) is 3.73. The van der Waals surface area contributed by atoms with Gasteiger partial charge in [-0.25, -0.2) is 4.79 Å². The van der Waals surface area contributed by atoms with E-state index in [-0.39, 0.29) is 11.2 Å². The monoisotopic (exact) mass is 224 g/mol. The van der Waals surface area contributed by atoms with Crippen molar-refractivity contribution in [3.05, 3.63) is 31.8 Å². The van der Waals surface area contributed by atoms with Crippen LogP contribution in [0.2, 0.25) is 0 Å². The second-order valence-corrected chi connectivity index (χ2v) is 4.35. The molecule has 4 nitrogen and oxygen atoms in total. The van der Waals surface area contributed by atoms with Crippen LogP contribution in [-0.2, 0) is 13.6 Å². The number of fused-ring (bicyclic) bond motifs is 1. The zero-order valence-electron chi connectivity index (χ0n) is 8.90. The molecule has 2 aromatic rings. The van der Waals surface area contributed by atoms with Crippen molar-refractivity contribution in [2.75, 3.05) is 0 Å².